The van der Waals surface area contributed by atoms with Crippen LogP contribution in [0.4, 0.5) is 13.2 Å². The molecule has 2 rings (SSSR count). The van der Waals surface area contributed by atoms with Crippen LogP contribution in [0.1, 0.15) is 28.0 Å². The highest BCUT2D eigenvalue weighted by Gasteiger charge is 2.33. The summed E-state index contributed by atoms with van der Waals surface area (Å²) in [7, 11) is 1.24. The van der Waals surface area contributed by atoms with Gasteiger partial charge >= 0.3 is 12.1 Å². The van der Waals surface area contributed by atoms with E-state index in [-0.39, 0.29) is 18.0 Å². The molecule has 2 aromatic rings. The van der Waals surface area contributed by atoms with E-state index in [9.17, 15) is 18.0 Å². The number of alkyl halides is 3. The number of carbonyl (C=O) groups is 1. The zero-order valence-electron chi connectivity index (χ0n) is 12.3. The van der Waals surface area contributed by atoms with Gasteiger partial charge in [0.1, 0.15) is 11.5 Å². The van der Waals surface area contributed by atoms with Crippen LogP contribution in [0, 0.1) is 0 Å². The fourth-order valence-electron chi connectivity index (χ4n) is 2.15. The fraction of sp³-hybridized carbons (Fsp3) is 0.333. The van der Waals surface area contributed by atoms with Crippen molar-refractivity contribution in [2.45, 2.75) is 19.0 Å². The topological polar surface area (TPSA) is 75.2 Å². The van der Waals surface area contributed by atoms with Crippen molar-refractivity contribution >= 4 is 5.97 Å². The van der Waals surface area contributed by atoms with E-state index in [1.54, 1.807) is 0 Å². The number of imidazole rings is 1. The number of methoxy groups -OCH3 is 1. The minimum atomic E-state index is -4.51. The number of aliphatic hydroxyl groups excluding tert-OH is 1. The van der Waals surface area contributed by atoms with Crippen molar-refractivity contribution in [3.05, 3.63) is 41.2 Å². The van der Waals surface area contributed by atoms with E-state index in [4.69, 9.17) is 5.11 Å². The van der Waals surface area contributed by atoms with Crippen LogP contribution < -0.4 is 0 Å². The lowest BCUT2D eigenvalue weighted by Gasteiger charge is -2.09. The van der Waals surface area contributed by atoms with Crippen LogP contribution in [0.5, 0.6) is 0 Å². The second kappa shape index (κ2) is 6.82. The minimum Gasteiger partial charge on any atom is -0.465 e. The number of aliphatic hydroxyl groups is 1. The molecule has 2 N–H and O–H groups in total. The molecule has 1 aromatic carbocycles. The molecular weight excluding hydrogens is 313 g/mol. The standard InChI is InChI=1S/C15H15F3N2O3/c1-23-14(22)10-4-5-11(9(7-10)3-2-6-21)13-19-8-12(20-13)15(16,17)18/h4-5,7-8,21H,2-3,6H2,1H3,(H,19,20). The molecule has 0 spiro atoms. The number of aromatic amines is 1. The smallest absolute Gasteiger partial charge is 0.432 e. The summed E-state index contributed by atoms with van der Waals surface area (Å²) < 4.78 is 42.6. The van der Waals surface area contributed by atoms with Gasteiger partial charge in [0.15, 0.2) is 0 Å². The first kappa shape index (κ1) is 17.0. The molecule has 0 saturated carbocycles. The number of hydrogen-bond donors (Lipinski definition) is 2. The summed E-state index contributed by atoms with van der Waals surface area (Å²) in [6.07, 6.45) is -3.00. The number of nitrogens with one attached hydrogen (secondary N) is 1. The minimum absolute atomic E-state index is 0.0571. The van der Waals surface area contributed by atoms with Gasteiger partial charge in [-0.3, -0.25) is 0 Å². The van der Waals surface area contributed by atoms with Crippen molar-refractivity contribution in [1.29, 1.82) is 0 Å². The van der Waals surface area contributed by atoms with Crippen molar-refractivity contribution in [1.82, 2.24) is 9.97 Å². The Bertz CT molecular complexity index is 696. The predicted octanol–water partition coefficient (Wildman–Crippen LogP) is 2.81. The normalized spacial score (nSPS) is 11.5. The molecule has 0 fully saturated rings. The monoisotopic (exact) mass is 328 g/mol. The lowest BCUT2D eigenvalue weighted by molar-refractivity contribution is -0.140. The fourth-order valence-corrected chi connectivity index (χ4v) is 2.15. The van der Waals surface area contributed by atoms with Gasteiger partial charge in [-0.1, -0.05) is 6.07 Å². The number of benzene rings is 1. The van der Waals surface area contributed by atoms with Crippen molar-refractivity contribution in [3.63, 3.8) is 0 Å². The summed E-state index contributed by atoms with van der Waals surface area (Å²) in [5.41, 5.74) is 0.385. The lowest BCUT2D eigenvalue weighted by atomic mass is 9.99. The molecule has 8 heteroatoms. The van der Waals surface area contributed by atoms with Crippen LogP contribution >= 0.6 is 0 Å². The Morgan fingerprint density at radius 2 is 2.13 bits per heavy atom. The van der Waals surface area contributed by atoms with Gasteiger partial charge in [0.25, 0.3) is 0 Å². The van der Waals surface area contributed by atoms with E-state index in [1.165, 1.54) is 25.3 Å². The van der Waals surface area contributed by atoms with E-state index in [1.807, 2.05) is 0 Å². The van der Waals surface area contributed by atoms with E-state index in [0.717, 1.165) is 6.20 Å². The van der Waals surface area contributed by atoms with Crippen LogP contribution in [-0.4, -0.2) is 34.8 Å². The third kappa shape index (κ3) is 3.89. The van der Waals surface area contributed by atoms with E-state index >= 15 is 0 Å². The van der Waals surface area contributed by atoms with Gasteiger partial charge in [-0.2, -0.15) is 13.2 Å². The number of rotatable bonds is 5. The number of ether oxygens (including phenoxy) is 1. The van der Waals surface area contributed by atoms with Crippen molar-refractivity contribution < 1.29 is 27.8 Å². The summed E-state index contributed by atoms with van der Waals surface area (Å²) in [6, 6.07) is 4.50. The average molecular weight is 328 g/mol. The first-order chi connectivity index (χ1) is 10.9. The lowest BCUT2D eigenvalue weighted by Crippen LogP contribution is -2.05. The Morgan fingerprint density at radius 3 is 2.70 bits per heavy atom. The number of hydrogen-bond acceptors (Lipinski definition) is 4. The molecule has 0 amide bonds. The quantitative estimate of drug-likeness (QED) is 0.828. The van der Waals surface area contributed by atoms with E-state index < -0.39 is 17.8 Å². The van der Waals surface area contributed by atoms with Gasteiger partial charge in [-0.15, -0.1) is 0 Å². The van der Waals surface area contributed by atoms with Crippen LogP contribution in [0.25, 0.3) is 11.4 Å². The highest BCUT2D eigenvalue weighted by atomic mass is 19.4. The maximum atomic E-state index is 12.7. The number of carbonyl (C=O) groups excluding carboxylic acids is 1. The number of halogens is 3. The number of nitrogens with zero attached hydrogens (tertiary/aromatic N) is 1. The Balaban J connectivity index is 2.44. The number of esters is 1. The third-order valence-electron chi connectivity index (χ3n) is 3.27. The number of H-pyrrole nitrogens is 1. The van der Waals surface area contributed by atoms with Crippen LogP contribution in [0.15, 0.2) is 24.4 Å². The molecule has 0 atom stereocenters. The molecule has 5 nitrogen and oxygen atoms in total. The molecule has 124 valence electrons. The summed E-state index contributed by atoms with van der Waals surface area (Å²) in [6.45, 7) is -0.0755. The second-order valence-corrected chi connectivity index (χ2v) is 4.83. The van der Waals surface area contributed by atoms with Gasteiger partial charge < -0.3 is 14.8 Å². The zero-order chi connectivity index (χ0) is 17.0. The Hall–Kier alpha value is -2.35. The summed E-state index contributed by atoms with van der Waals surface area (Å²) >= 11 is 0. The molecule has 0 aliphatic carbocycles. The zero-order valence-corrected chi connectivity index (χ0v) is 12.3. The molecule has 0 aliphatic heterocycles. The Kier molecular flexibility index (Phi) is 5.05. The summed E-state index contributed by atoms with van der Waals surface area (Å²) in [4.78, 5) is 17.6. The number of aromatic nitrogens is 2. The van der Waals surface area contributed by atoms with Gasteiger partial charge in [-0.25, -0.2) is 9.78 Å². The van der Waals surface area contributed by atoms with Gasteiger partial charge in [0, 0.05) is 12.2 Å². The van der Waals surface area contributed by atoms with Gasteiger partial charge in [0.05, 0.1) is 18.9 Å². The Morgan fingerprint density at radius 1 is 1.39 bits per heavy atom. The summed E-state index contributed by atoms with van der Waals surface area (Å²) in [5, 5.41) is 8.96. The van der Waals surface area contributed by atoms with Crippen LogP contribution in [-0.2, 0) is 17.3 Å². The van der Waals surface area contributed by atoms with Crippen molar-refractivity contribution in [2.75, 3.05) is 13.7 Å². The molecule has 0 unspecified atom stereocenters. The van der Waals surface area contributed by atoms with Crippen LogP contribution in [0.2, 0.25) is 0 Å². The first-order valence-corrected chi connectivity index (χ1v) is 6.81. The van der Waals surface area contributed by atoms with Crippen LogP contribution in [0.3, 0.4) is 0 Å². The molecular formula is C15H15F3N2O3. The maximum absolute atomic E-state index is 12.7. The molecule has 0 radical (unpaired) electrons. The third-order valence-corrected chi connectivity index (χ3v) is 3.27. The van der Waals surface area contributed by atoms with Crippen molar-refractivity contribution in [3.8, 4) is 11.4 Å². The molecule has 23 heavy (non-hydrogen) atoms. The van der Waals surface area contributed by atoms with Crippen molar-refractivity contribution in [2.24, 2.45) is 0 Å². The molecule has 0 saturated heterocycles. The largest absolute Gasteiger partial charge is 0.465 e. The second-order valence-electron chi connectivity index (χ2n) is 4.83. The first-order valence-electron chi connectivity index (χ1n) is 6.81. The highest BCUT2D eigenvalue weighted by molar-refractivity contribution is 5.90. The summed E-state index contributed by atoms with van der Waals surface area (Å²) in [5.74, 6) is -0.487. The van der Waals surface area contributed by atoms with Gasteiger partial charge in [-0.05, 0) is 30.5 Å². The number of aryl methyl sites for hydroxylation is 1. The molecule has 0 aliphatic rings. The highest BCUT2D eigenvalue weighted by Crippen LogP contribution is 2.31. The Labute approximate surface area is 130 Å². The molecule has 0 bridgehead atoms. The molecule has 1 aromatic heterocycles. The molecule has 1 heterocycles. The van der Waals surface area contributed by atoms with E-state index in [0.29, 0.717) is 24.0 Å². The average Bonchev–Trinajstić information content (AvgIpc) is 3.01. The maximum Gasteiger partial charge on any atom is 0.432 e. The SMILES string of the molecule is COC(=O)c1ccc(-c2ncc(C(F)(F)F)[nH]2)c(CCCO)c1. The van der Waals surface area contributed by atoms with Gasteiger partial charge in [0.2, 0.25) is 0 Å². The predicted molar refractivity (Wildman–Crippen MR) is 75.8 cm³/mol. The van der Waals surface area contributed by atoms with E-state index in [2.05, 4.69) is 14.7 Å².